The largest absolute Gasteiger partial charge is 0.490 e. The molecule has 0 saturated carbocycles. The van der Waals surface area contributed by atoms with E-state index in [1.807, 2.05) is 67.9 Å². The molecule has 0 bridgehead atoms. The number of amides is 1. The number of fused-ring (bicyclic) bond motifs is 1. The van der Waals surface area contributed by atoms with Crippen molar-refractivity contribution >= 4 is 26.8 Å². The Bertz CT molecular complexity index is 1250. The molecule has 8 heteroatoms. The molecule has 0 unspecified atom stereocenters. The van der Waals surface area contributed by atoms with Gasteiger partial charge in [0.2, 0.25) is 0 Å². The van der Waals surface area contributed by atoms with Crippen molar-refractivity contribution < 1.29 is 22.7 Å². The quantitative estimate of drug-likeness (QED) is 0.547. The van der Waals surface area contributed by atoms with Gasteiger partial charge in [-0.2, -0.15) is 0 Å². The number of aromatic nitrogens is 1. The fraction of sp³-hybridized carbons (Fsp3) is 0.400. The minimum atomic E-state index is -3.24. The summed E-state index contributed by atoms with van der Waals surface area (Å²) >= 11 is 0. The number of nitrogens with zero attached hydrogens (tertiary/aromatic N) is 2. The number of likely N-dealkylation sites (tertiary alicyclic amines) is 1. The van der Waals surface area contributed by atoms with Crippen molar-refractivity contribution in [2.24, 2.45) is 0 Å². The van der Waals surface area contributed by atoms with Crippen LogP contribution in [0.1, 0.15) is 33.6 Å². The fourth-order valence-corrected chi connectivity index (χ4v) is 4.59. The van der Waals surface area contributed by atoms with Gasteiger partial charge in [-0.1, -0.05) is 0 Å². The van der Waals surface area contributed by atoms with E-state index in [1.165, 1.54) is 6.26 Å². The zero-order valence-electron chi connectivity index (χ0n) is 19.4. The lowest BCUT2D eigenvalue weighted by molar-refractivity contribution is 0.0126. The summed E-state index contributed by atoms with van der Waals surface area (Å²) in [5, 5.41) is 0.870. The first-order valence-corrected chi connectivity index (χ1v) is 12.9. The summed E-state index contributed by atoms with van der Waals surface area (Å²) in [5.74, 6) is 0.783. The molecule has 1 aliphatic rings. The topological polar surface area (TPSA) is 77.8 Å². The number of sulfone groups is 1. The SMILES string of the molecule is CC(C)(C)OC(=O)N1CCC(Oc2ccc(-n3ccc4cc(S(C)(=O)=O)ccc43)cc2)CC1. The first-order valence-electron chi connectivity index (χ1n) is 11.1. The lowest BCUT2D eigenvalue weighted by Crippen LogP contribution is -2.44. The second-order valence-electron chi connectivity index (χ2n) is 9.46. The Kier molecular flexibility index (Phi) is 6.14. The number of carbonyl (C=O) groups is 1. The van der Waals surface area contributed by atoms with Gasteiger partial charge in [0.1, 0.15) is 17.5 Å². The summed E-state index contributed by atoms with van der Waals surface area (Å²) in [6.07, 6.45) is 4.44. The van der Waals surface area contributed by atoms with Crippen molar-refractivity contribution in [3.05, 3.63) is 54.7 Å². The fourth-order valence-electron chi connectivity index (χ4n) is 3.94. The highest BCUT2D eigenvalue weighted by atomic mass is 32.2. The van der Waals surface area contributed by atoms with Crippen LogP contribution in [0.5, 0.6) is 5.75 Å². The van der Waals surface area contributed by atoms with E-state index in [0.29, 0.717) is 18.0 Å². The maximum atomic E-state index is 12.2. The Morgan fingerprint density at radius 3 is 2.27 bits per heavy atom. The number of hydrogen-bond acceptors (Lipinski definition) is 5. The number of piperidine rings is 1. The van der Waals surface area contributed by atoms with E-state index in [9.17, 15) is 13.2 Å². The molecular formula is C25H30N2O5S. The average Bonchev–Trinajstić information content (AvgIpc) is 3.16. The van der Waals surface area contributed by atoms with E-state index in [1.54, 1.807) is 17.0 Å². The van der Waals surface area contributed by atoms with Crippen LogP contribution in [0.3, 0.4) is 0 Å². The zero-order valence-corrected chi connectivity index (χ0v) is 20.3. The molecule has 2 aromatic carbocycles. The molecule has 0 radical (unpaired) electrons. The van der Waals surface area contributed by atoms with Gasteiger partial charge in [-0.15, -0.1) is 0 Å². The second kappa shape index (κ2) is 8.74. The Morgan fingerprint density at radius 1 is 1.00 bits per heavy atom. The number of benzene rings is 2. The van der Waals surface area contributed by atoms with Gasteiger partial charge in [0.05, 0.1) is 10.4 Å². The maximum absolute atomic E-state index is 12.2. The molecule has 1 aliphatic heterocycles. The summed E-state index contributed by atoms with van der Waals surface area (Å²) in [6, 6.07) is 14.9. The molecule has 176 valence electrons. The summed E-state index contributed by atoms with van der Waals surface area (Å²) in [6.45, 7) is 6.83. The van der Waals surface area contributed by atoms with Crippen LogP contribution >= 0.6 is 0 Å². The van der Waals surface area contributed by atoms with Gasteiger partial charge < -0.3 is 18.9 Å². The van der Waals surface area contributed by atoms with Crippen molar-refractivity contribution in [1.29, 1.82) is 0 Å². The molecule has 0 N–H and O–H groups in total. The van der Waals surface area contributed by atoms with Gasteiger partial charge >= 0.3 is 6.09 Å². The predicted octanol–water partition coefficient (Wildman–Crippen LogP) is 4.81. The third kappa shape index (κ3) is 5.50. The van der Waals surface area contributed by atoms with Crippen LogP contribution < -0.4 is 4.74 Å². The molecule has 1 saturated heterocycles. The highest BCUT2D eigenvalue weighted by molar-refractivity contribution is 7.90. The molecular weight excluding hydrogens is 440 g/mol. The van der Waals surface area contributed by atoms with Crippen molar-refractivity contribution in [3.63, 3.8) is 0 Å². The average molecular weight is 471 g/mol. The molecule has 7 nitrogen and oxygen atoms in total. The van der Waals surface area contributed by atoms with Crippen molar-refractivity contribution in [1.82, 2.24) is 9.47 Å². The van der Waals surface area contributed by atoms with Gasteiger partial charge in [-0.3, -0.25) is 0 Å². The normalized spacial score (nSPS) is 15.6. The first-order chi connectivity index (χ1) is 15.5. The highest BCUT2D eigenvalue weighted by Gasteiger charge is 2.27. The molecule has 4 rings (SSSR count). The van der Waals surface area contributed by atoms with E-state index >= 15 is 0 Å². The molecule has 1 aromatic heterocycles. The Labute approximate surface area is 194 Å². The smallest absolute Gasteiger partial charge is 0.410 e. The first kappa shape index (κ1) is 23.2. The van der Waals surface area contributed by atoms with E-state index in [4.69, 9.17) is 9.47 Å². The van der Waals surface area contributed by atoms with Gasteiger partial charge in [-0.05, 0) is 69.3 Å². The van der Waals surface area contributed by atoms with Crippen LogP contribution in [0.2, 0.25) is 0 Å². The van der Waals surface area contributed by atoms with Gasteiger partial charge in [-0.25, -0.2) is 13.2 Å². The standard InChI is InChI=1S/C25H30N2O5S/c1-25(2,3)32-24(28)26-14-12-21(13-15-26)31-20-7-5-19(6-8-20)27-16-11-18-17-22(33(4,29)30)9-10-23(18)27/h5-11,16-17,21H,12-15H2,1-4H3. The lowest BCUT2D eigenvalue weighted by Gasteiger charge is -2.33. The summed E-state index contributed by atoms with van der Waals surface area (Å²) < 4.78 is 37.2. The number of ether oxygens (including phenoxy) is 2. The van der Waals surface area contributed by atoms with Gasteiger partial charge in [0.25, 0.3) is 0 Å². The predicted molar refractivity (Wildman–Crippen MR) is 128 cm³/mol. The van der Waals surface area contributed by atoms with E-state index < -0.39 is 15.4 Å². The molecule has 2 heterocycles. The van der Waals surface area contributed by atoms with Crippen molar-refractivity contribution in [2.75, 3.05) is 19.3 Å². The Morgan fingerprint density at radius 2 is 1.67 bits per heavy atom. The van der Waals surface area contributed by atoms with Crippen molar-refractivity contribution in [2.45, 2.75) is 50.2 Å². The molecule has 0 atom stereocenters. The molecule has 1 amide bonds. The van der Waals surface area contributed by atoms with Gasteiger partial charge in [0, 0.05) is 49.5 Å². The van der Waals surface area contributed by atoms with E-state index in [0.717, 1.165) is 35.2 Å². The van der Waals surface area contributed by atoms with Crippen LogP contribution in [0, 0.1) is 0 Å². The summed E-state index contributed by atoms with van der Waals surface area (Å²) in [4.78, 5) is 14.3. The van der Waals surface area contributed by atoms with Crippen LogP contribution in [0.25, 0.3) is 16.6 Å². The monoisotopic (exact) mass is 470 g/mol. The molecule has 1 fully saturated rings. The zero-order chi connectivity index (χ0) is 23.8. The second-order valence-corrected chi connectivity index (χ2v) is 11.5. The van der Waals surface area contributed by atoms with Crippen molar-refractivity contribution in [3.8, 4) is 11.4 Å². The molecule has 0 spiro atoms. The molecule has 33 heavy (non-hydrogen) atoms. The lowest BCUT2D eigenvalue weighted by atomic mass is 10.1. The Balaban J connectivity index is 1.39. The van der Waals surface area contributed by atoms with Gasteiger partial charge in [0.15, 0.2) is 9.84 Å². The summed E-state index contributed by atoms with van der Waals surface area (Å²) in [7, 11) is -3.24. The number of rotatable bonds is 4. The van der Waals surface area contributed by atoms with E-state index in [-0.39, 0.29) is 12.2 Å². The number of carbonyl (C=O) groups excluding carboxylic acids is 1. The van der Waals surface area contributed by atoms with E-state index in [2.05, 4.69) is 0 Å². The number of hydrogen-bond donors (Lipinski definition) is 0. The third-order valence-corrected chi connectivity index (χ3v) is 6.71. The van der Waals surface area contributed by atoms with Crippen LogP contribution in [-0.4, -0.2) is 55.0 Å². The minimum Gasteiger partial charge on any atom is -0.490 e. The third-order valence-electron chi connectivity index (χ3n) is 5.60. The molecule has 0 aliphatic carbocycles. The maximum Gasteiger partial charge on any atom is 0.410 e. The van der Waals surface area contributed by atoms with Crippen LogP contribution in [0.15, 0.2) is 59.6 Å². The molecule has 3 aromatic rings. The Hall–Kier alpha value is -3.00. The van der Waals surface area contributed by atoms with Crippen LogP contribution in [-0.2, 0) is 14.6 Å². The summed E-state index contributed by atoms with van der Waals surface area (Å²) in [5.41, 5.74) is 1.41. The minimum absolute atomic E-state index is 0.0522. The van der Waals surface area contributed by atoms with Crippen LogP contribution in [0.4, 0.5) is 4.79 Å². The highest BCUT2D eigenvalue weighted by Crippen LogP contribution is 2.26.